The summed E-state index contributed by atoms with van der Waals surface area (Å²) < 4.78 is 32.2. The minimum Gasteiger partial charge on any atom is -0.450 e. The average Bonchev–Trinajstić information content (AvgIpc) is 2.61. The normalized spacial score (nSPS) is 15.7. The molecule has 9 heteroatoms. The van der Waals surface area contributed by atoms with Crippen molar-refractivity contribution in [3.63, 3.8) is 0 Å². The van der Waals surface area contributed by atoms with Crippen molar-refractivity contribution in [2.75, 3.05) is 32.8 Å². The summed E-state index contributed by atoms with van der Waals surface area (Å²) in [5, 5.41) is 2.78. The molecule has 2 amide bonds. The minimum atomic E-state index is -3.75. The topological polar surface area (TPSA) is 96.0 Å². The number of rotatable bonds is 5. The first kappa shape index (κ1) is 21.2. The number of amides is 2. The highest BCUT2D eigenvalue weighted by atomic mass is 32.2. The van der Waals surface area contributed by atoms with Gasteiger partial charge in [-0.15, -0.1) is 0 Å². The monoisotopic (exact) mass is 397 g/mol. The molecule has 1 aromatic rings. The van der Waals surface area contributed by atoms with Crippen LogP contribution in [0.5, 0.6) is 0 Å². The van der Waals surface area contributed by atoms with E-state index in [9.17, 15) is 18.0 Å². The second-order valence-electron chi connectivity index (χ2n) is 6.69. The van der Waals surface area contributed by atoms with Gasteiger partial charge in [0.1, 0.15) is 0 Å². The number of nitrogens with zero attached hydrogens (tertiary/aromatic N) is 2. The summed E-state index contributed by atoms with van der Waals surface area (Å²) in [6.45, 7) is 8.36. The van der Waals surface area contributed by atoms with Crippen molar-refractivity contribution in [1.29, 1.82) is 0 Å². The van der Waals surface area contributed by atoms with Crippen LogP contribution in [0.4, 0.5) is 4.79 Å². The molecular formula is C18H27N3O5S. The Balaban J connectivity index is 2.18. The van der Waals surface area contributed by atoms with Crippen molar-refractivity contribution in [3.8, 4) is 0 Å². The van der Waals surface area contributed by atoms with Gasteiger partial charge >= 0.3 is 6.09 Å². The van der Waals surface area contributed by atoms with Gasteiger partial charge in [0.05, 0.1) is 11.5 Å². The molecule has 8 nitrogen and oxygen atoms in total. The largest absolute Gasteiger partial charge is 0.450 e. The van der Waals surface area contributed by atoms with Gasteiger partial charge in [0.15, 0.2) is 0 Å². The lowest BCUT2D eigenvalue weighted by Crippen LogP contribution is -2.50. The Morgan fingerprint density at radius 3 is 2.37 bits per heavy atom. The summed E-state index contributed by atoms with van der Waals surface area (Å²) in [7, 11) is -3.75. The molecular weight excluding hydrogens is 370 g/mol. The molecule has 0 bridgehead atoms. The molecule has 0 aliphatic carbocycles. The fourth-order valence-electron chi connectivity index (χ4n) is 2.82. The van der Waals surface area contributed by atoms with Gasteiger partial charge in [0.25, 0.3) is 5.91 Å². The van der Waals surface area contributed by atoms with E-state index in [2.05, 4.69) is 5.32 Å². The number of hydrogen-bond donors (Lipinski definition) is 1. The van der Waals surface area contributed by atoms with Gasteiger partial charge in [-0.25, -0.2) is 13.2 Å². The van der Waals surface area contributed by atoms with Gasteiger partial charge in [-0.05, 0) is 45.4 Å². The van der Waals surface area contributed by atoms with E-state index in [1.807, 2.05) is 13.8 Å². The van der Waals surface area contributed by atoms with Crippen LogP contribution < -0.4 is 5.32 Å². The summed E-state index contributed by atoms with van der Waals surface area (Å²) >= 11 is 0. The van der Waals surface area contributed by atoms with E-state index in [1.54, 1.807) is 19.9 Å². The predicted octanol–water partition coefficient (Wildman–Crippen LogP) is 1.60. The number of ether oxygens (including phenoxy) is 1. The molecule has 150 valence electrons. The zero-order chi connectivity index (χ0) is 20.2. The Bertz CT molecular complexity index is 799. The second kappa shape index (κ2) is 8.71. The summed E-state index contributed by atoms with van der Waals surface area (Å²) in [5.41, 5.74) is 1.05. The number of carbonyl (C=O) groups excluding carboxylic acids is 2. The highest BCUT2D eigenvalue weighted by Crippen LogP contribution is 2.21. The molecule has 1 saturated heterocycles. The lowest BCUT2D eigenvalue weighted by atomic mass is 10.1. The maximum absolute atomic E-state index is 13.0. The first-order chi connectivity index (χ1) is 12.7. The van der Waals surface area contributed by atoms with E-state index >= 15 is 0 Å². The van der Waals surface area contributed by atoms with E-state index in [0.717, 1.165) is 0 Å². The maximum atomic E-state index is 13.0. The van der Waals surface area contributed by atoms with E-state index in [4.69, 9.17) is 4.74 Å². The molecule has 0 saturated carbocycles. The quantitative estimate of drug-likeness (QED) is 0.814. The van der Waals surface area contributed by atoms with Crippen molar-refractivity contribution in [2.24, 2.45) is 0 Å². The van der Waals surface area contributed by atoms with Crippen molar-refractivity contribution >= 4 is 22.0 Å². The Morgan fingerprint density at radius 1 is 1.19 bits per heavy atom. The molecule has 0 unspecified atom stereocenters. The number of hydrogen-bond acceptors (Lipinski definition) is 5. The molecule has 0 aromatic heterocycles. The fourth-order valence-corrected chi connectivity index (χ4v) is 4.27. The van der Waals surface area contributed by atoms with Gasteiger partial charge < -0.3 is 15.0 Å². The highest BCUT2D eigenvalue weighted by Gasteiger charge is 2.31. The summed E-state index contributed by atoms with van der Waals surface area (Å²) in [6, 6.07) is 4.51. The van der Waals surface area contributed by atoms with E-state index < -0.39 is 16.1 Å². The Labute approximate surface area is 160 Å². The Morgan fingerprint density at radius 2 is 1.81 bits per heavy atom. The van der Waals surface area contributed by atoms with Crippen molar-refractivity contribution < 1.29 is 22.7 Å². The van der Waals surface area contributed by atoms with Crippen LogP contribution in [0.15, 0.2) is 23.1 Å². The predicted molar refractivity (Wildman–Crippen MR) is 101 cm³/mol. The van der Waals surface area contributed by atoms with Gasteiger partial charge in [0.2, 0.25) is 10.0 Å². The third-order valence-corrected chi connectivity index (χ3v) is 6.17. The van der Waals surface area contributed by atoms with Gasteiger partial charge in [0, 0.05) is 37.8 Å². The second-order valence-corrected chi connectivity index (χ2v) is 8.63. The molecule has 1 aromatic carbocycles. The zero-order valence-electron chi connectivity index (χ0n) is 16.2. The van der Waals surface area contributed by atoms with E-state index in [1.165, 1.54) is 21.3 Å². The lowest BCUT2D eigenvalue weighted by molar-refractivity contribution is 0.0928. The summed E-state index contributed by atoms with van der Waals surface area (Å²) in [5.74, 6) is -0.299. The number of nitrogens with one attached hydrogen (secondary N) is 1. The summed E-state index contributed by atoms with van der Waals surface area (Å²) in [4.78, 5) is 25.7. The highest BCUT2D eigenvalue weighted by molar-refractivity contribution is 7.89. The van der Waals surface area contributed by atoms with E-state index in [0.29, 0.717) is 11.1 Å². The van der Waals surface area contributed by atoms with Crippen LogP contribution in [-0.2, 0) is 14.8 Å². The number of carbonyl (C=O) groups is 2. The van der Waals surface area contributed by atoms with Crippen molar-refractivity contribution in [2.45, 2.75) is 38.6 Å². The SMILES string of the molecule is CCOC(=O)N1CCN(S(=O)(=O)c2ccc(C)c(C(=O)NC(C)C)c2)CC1. The van der Waals surface area contributed by atoms with Crippen LogP contribution in [-0.4, -0.2) is 68.5 Å². The first-order valence-corrected chi connectivity index (χ1v) is 10.4. The van der Waals surface area contributed by atoms with Gasteiger partial charge in [-0.2, -0.15) is 4.31 Å². The van der Waals surface area contributed by atoms with Crippen LogP contribution >= 0.6 is 0 Å². The van der Waals surface area contributed by atoms with Crippen LogP contribution in [0.2, 0.25) is 0 Å². The first-order valence-electron chi connectivity index (χ1n) is 9.00. The van der Waals surface area contributed by atoms with Crippen molar-refractivity contribution in [3.05, 3.63) is 29.3 Å². The molecule has 0 spiro atoms. The molecule has 1 aliphatic heterocycles. The van der Waals surface area contributed by atoms with Crippen LogP contribution in [0.1, 0.15) is 36.7 Å². The van der Waals surface area contributed by atoms with Crippen molar-refractivity contribution in [1.82, 2.24) is 14.5 Å². The third-order valence-electron chi connectivity index (χ3n) is 4.28. The molecule has 1 fully saturated rings. The number of benzene rings is 1. The maximum Gasteiger partial charge on any atom is 0.409 e. The number of piperazine rings is 1. The third kappa shape index (κ3) is 4.98. The van der Waals surface area contributed by atoms with Gasteiger partial charge in [-0.3, -0.25) is 4.79 Å². The van der Waals surface area contributed by atoms with Crippen LogP contribution in [0.3, 0.4) is 0 Å². The zero-order valence-corrected chi connectivity index (χ0v) is 17.0. The van der Waals surface area contributed by atoms with E-state index in [-0.39, 0.29) is 49.6 Å². The molecule has 1 N–H and O–H groups in total. The fraction of sp³-hybridized carbons (Fsp3) is 0.556. The Hall–Kier alpha value is -2.13. The average molecular weight is 397 g/mol. The molecule has 1 aliphatic rings. The molecule has 1 heterocycles. The number of sulfonamides is 1. The van der Waals surface area contributed by atoms with Crippen LogP contribution in [0.25, 0.3) is 0 Å². The molecule has 0 atom stereocenters. The van der Waals surface area contributed by atoms with Crippen LogP contribution in [0, 0.1) is 6.92 Å². The molecule has 0 radical (unpaired) electrons. The smallest absolute Gasteiger partial charge is 0.409 e. The number of aryl methyl sites for hydroxylation is 1. The summed E-state index contributed by atoms with van der Waals surface area (Å²) in [6.07, 6.45) is -0.433. The minimum absolute atomic E-state index is 0.0480. The molecule has 2 rings (SSSR count). The standard InChI is InChI=1S/C18H27N3O5S/c1-5-26-18(23)20-8-10-21(11-9-20)27(24,25)15-7-6-14(4)16(12-15)17(22)19-13(2)3/h6-7,12-13H,5,8-11H2,1-4H3,(H,19,22). The molecule has 27 heavy (non-hydrogen) atoms. The van der Waals surface area contributed by atoms with Gasteiger partial charge in [-0.1, -0.05) is 6.07 Å². The lowest BCUT2D eigenvalue weighted by Gasteiger charge is -2.33. The Kier molecular flexibility index (Phi) is 6.83.